The quantitative estimate of drug-likeness (QED) is 0.673. The molecule has 6 nitrogen and oxygen atoms in total. The number of rotatable bonds is 7. The van der Waals surface area contributed by atoms with E-state index in [0.717, 1.165) is 4.47 Å². The molecule has 0 spiro atoms. The van der Waals surface area contributed by atoms with Crippen LogP contribution in [0.15, 0.2) is 53.0 Å². The molecule has 0 radical (unpaired) electrons. The summed E-state index contributed by atoms with van der Waals surface area (Å²) in [6.07, 6.45) is 0. The zero-order valence-electron chi connectivity index (χ0n) is 14.6. The van der Waals surface area contributed by atoms with Crippen molar-refractivity contribution in [2.24, 2.45) is 5.92 Å². The van der Waals surface area contributed by atoms with E-state index in [2.05, 4.69) is 26.8 Å². The number of hydrogen-bond donors (Lipinski definition) is 2. The molecule has 0 saturated heterocycles. The van der Waals surface area contributed by atoms with Crippen LogP contribution < -0.4 is 20.3 Å². The molecule has 138 valence electrons. The molecule has 0 aromatic heterocycles. The van der Waals surface area contributed by atoms with E-state index in [1.807, 2.05) is 19.9 Å². The zero-order chi connectivity index (χ0) is 18.9. The van der Waals surface area contributed by atoms with Crippen LogP contribution in [0.1, 0.15) is 24.2 Å². The third-order valence-corrected chi connectivity index (χ3v) is 3.68. The molecule has 2 amide bonds. The fourth-order valence-electron chi connectivity index (χ4n) is 1.96. The maximum Gasteiger partial charge on any atom is 0.276 e. The minimum atomic E-state index is -0.474. The number of carbonyl (C=O) groups excluding carboxylic acids is 2. The highest BCUT2D eigenvalue weighted by Gasteiger charge is 2.15. The number of hydrogen-bond acceptors (Lipinski definition) is 4. The predicted molar refractivity (Wildman–Crippen MR) is 102 cm³/mol. The van der Waals surface area contributed by atoms with Crippen molar-refractivity contribution in [1.29, 1.82) is 0 Å². The average Bonchev–Trinajstić information content (AvgIpc) is 2.64. The fourth-order valence-corrected chi connectivity index (χ4v) is 2.32. The predicted octanol–water partition coefficient (Wildman–Crippen LogP) is 3.32. The van der Waals surface area contributed by atoms with Crippen LogP contribution in [0.3, 0.4) is 0 Å². The van der Waals surface area contributed by atoms with E-state index in [1.54, 1.807) is 42.5 Å². The van der Waals surface area contributed by atoms with E-state index in [4.69, 9.17) is 9.47 Å². The van der Waals surface area contributed by atoms with Crippen molar-refractivity contribution in [3.05, 3.63) is 58.6 Å². The first-order valence-electron chi connectivity index (χ1n) is 8.15. The Kier molecular flexibility index (Phi) is 7.47. The van der Waals surface area contributed by atoms with E-state index in [-0.39, 0.29) is 6.61 Å². The zero-order valence-corrected chi connectivity index (χ0v) is 16.2. The van der Waals surface area contributed by atoms with Gasteiger partial charge in [0, 0.05) is 4.47 Å². The summed E-state index contributed by atoms with van der Waals surface area (Å²) >= 11 is 3.33. The summed E-state index contributed by atoms with van der Waals surface area (Å²) in [5.41, 5.74) is 5.02. The van der Waals surface area contributed by atoms with Gasteiger partial charge in [0.05, 0.1) is 12.2 Å². The van der Waals surface area contributed by atoms with Crippen LogP contribution in [0.2, 0.25) is 0 Å². The van der Waals surface area contributed by atoms with E-state index in [9.17, 15) is 9.59 Å². The highest BCUT2D eigenvalue weighted by atomic mass is 79.9. The lowest BCUT2D eigenvalue weighted by Crippen LogP contribution is -2.44. The van der Waals surface area contributed by atoms with Gasteiger partial charge in [0.1, 0.15) is 11.5 Å². The maximum atomic E-state index is 12.4. The van der Waals surface area contributed by atoms with Crippen LogP contribution >= 0.6 is 15.9 Å². The van der Waals surface area contributed by atoms with E-state index in [0.29, 0.717) is 29.6 Å². The van der Waals surface area contributed by atoms with E-state index < -0.39 is 11.8 Å². The van der Waals surface area contributed by atoms with Gasteiger partial charge in [0.25, 0.3) is 11.8 Å². The van der Waals surface area contributed by atoms with Gasteiger partial charge in [-0.15, -0.1) is 0 Å². The topological polar surface area (TPSA) is 76.7 Å². The molecule has 0 aliphatic carbocycles. The third kappa shape index (κ3) is 6.40. The lowest BCUT2D eigenvalue weighted by Gasteiger charge is -2.14. The monoisotopic (exact) mass is 420 g/mol. The Balaban J connectivity index is 1.90. The van der Waals surface area contributed by atoms with Gasteiger partial charge in [-0.2, -0.15) is 0 Å². The van der Waals surface area contributed by atoms with Crippen LogP contribution in [0, 0.1) is 5.92 Å². The van der Waals surface area contributed by atoms with Crippen molar-refractivity contribution < 1.29 is 19.1 Å². The SMILES string of the molecule is CC(C)COc1ccc(Br)cc1C(=O)NNC(=O)COc1ccccc1. The molecule has 0 bridgehead atoms. The summed E-state index contributed by atoms with van der Waals surface area (Å²) in [6, 6.07) is 14.1. The van der Waals surface area contributed by atoms with Crippen molar-refractivity contribution >= 4 is 27.7 Å². The van der Waals surface area contributed by atoms with Crippen LogP contribution in [0.25, 0.3) is 0 Å². The average molecular weight is 421 g/mol. The van der Waals surface area contributed by atoms with E-state index >= 15 is 0 Å². The second-order valence-electron chi connectivity index (χ2n) is 5.95. The Bertz CT molecular complexity index is 750. The number of amides is 2. The molecule has 0 fully saturated rings. The van der Waals surface area contributed by atoms with Crippen molar-refractivity contribution in [3.63, 3.8) is 0 Å². The summed E-state index contributed by atoms with van der Waals surface area (Å²) in [6.45, 7) is 4.32. The first kappa shape index (κ1) is 19.8. The van der Waals surface area contributed by atoms with Gasteiger partial charge in [0.15, 0.2) is 6.61 Å². The number of halogens is 1. The Morgan fingerprint density at radius 1 is 1.04 bits per heavy atom. The number of benzene rings is 2. The van der Waals surface area contributed by atoms with Gasteiger partial charge in [-0.25, -0.2) is 0 Å². The van der Waals surface area contributed by atoms with Gasteiger partial charge >= 0.3 is 0 Å². The molecule has 0 saturated carbocycles. The molecule has 0 aliphatic rings. The standard InChI is InChI=1S/C19H21BrN2O4/c1-13(2)11-26-17-9-8-14(20)10-16(17)19(24)22-21-18(23)12-25-15-6-4-3-5-7-15/h3-10,13H,11-12H2,1-2H3,(H,21,23)(H,22,24). The summed E-state index contributed by atoms with van der Waals surface area (Å²) in [7, 11) is 0. The summed E-state index contributed by atoms with van der Waals surface area (Å²) in [5, 5.41) is 0. The molecule has 0 heterocycles. The van der Waals surface area contributed by atoms with Gasteiger partial charge in [-0.3, -0.25) is 20.4 Å². The van der Waals surface area contributed by atoms with Crippen molar-refractivity contribution in [1.82, 2.24) is 10.9 Å². The van der Waals surface area contributed by atoms with Gasteiger partial charge < -0.3 is 9.47 Å². The molecule has 0 aliphatic heterocycles. The molecular weight excluding hydrogens is 400 g/mol. The molecule has 0 unspecified atom stereocenters. The van der Waals surface area contributed by atoms with Crippen molar-refractivity contribution in [3.8, 4) is 11.5 Å². The van der Waals surface area contributed by atoms with Crippen LogP contribution in [-0.4, -0.2) is 25.0 Å². The van der Waals surface area contributed by atoms with Gasteiger partial charge in [-0.1, -0.05) is 48.0 Å². The maximum absolute atomic E-state index is 12.4. The minimum absolute atomic E-state index is 0.209. The number of nitrogens with one attached hydrogen (secondary N) is 2. The third-order valence-electron chi connectivity index (χ3n) is 3.19. The largest absolute Gasteiger partial charge is 0.492 e. The summed E-state index contributed by atoms with van der Waals surface area (Å²) in [4.78, 5) is 24.2. The summed E-state index contributed by atoms with van der Waals surface area (Å²) < 4.78 is 11.7. The fraction of sp³-hybridized carbons (Fsp3) is 0.263. The van der Waals surface area contributed by atoms with Gasteiger partial charge in [0.2, 0.25) is 0 Å². The van der Waals surface area contributed by atoms with E-state index in [1.165, 1.54) is 0 Å². The lowest BCUT2D eigenvalue weighted by atomic mass is 10.2. The van der Waals surface area contributed by atoms with Crippen molar-refractivity contribution in [2.45, 2.75) is 13.8 Å². The number of ether oxygens (including phenoxy) is 2. The smallest absolute Gasteiger partial charge is 0.276 e. The Morgan fingerprint density at radius 2 is 1.77 bits per heavy atom. The normalized spacial score (nSPS) is 10.3. The van der Waals surface area contributed by atoms with Crippen LogP contribution in [0.4, 0.5) is 0 Å². The highest BCUT2D eigenvalue weighted by molar-refractivity contribution is 9.10. The lowest BCUT2D eigenvalue weighted by molar-refractivity contribution is -0.123. The highest BCUT2D eigenvalue weighted by Crippen LogP contribution is 2.23. The van der Waals surface area contributed by atoms with Crippen LogP contribution in [0.5, 0.6) is 11.5 Å². The molecular formula is C19H21BrN2O4. The molecule has 2 N–H and O–H groups in total. The van der Waals surface area contributed by atoms with Gasteiger partial charge in [-0.05, 0) is 36.2 Å². The molecule has 2 aromatic rings. The number of para-hydroxylation sites is 1. The molecule has 0 atom stereocenters. The minimum Gasteiger partial charge on any atom is -0.492 e. The Hall–Kier alpha value is -2.54. The summed E-state index contributed by atoms with van der Waals surface area (Å²) in [5.74, 6) is 0.406. The first-order valence-corrected chi connectivity index (χ1v) is 8.94. The Labute approximate surface area is 161 Å². The second kappa shape index (κ2) is 9.82. The van der Waals surface area contributed by atoms with Crippen molar-refractivity contribution in [2.75, 3.05) is 13.2 Å². The van der Waals surface area contributed by atoms with Crippen LogP contribution in [-0.2, 0) is 4.79 Å². The molecule has 2 rings (SSSR count). The number of carbonyl (C=O) groups is 2. The molecule has 26 heavy (non-hydrogen) atoms. The Morgan fingerprint density at radius 3 is 2.46 bits per heavy atom. The number of hydrazine groups is 1. The molecule has 2 aromatic carbocycles. The first-order chi connectivity index (χ1) is 12.5. The molecule has 7 heteroatoms. The second-order valence-corrected chi connectivity index (χ2v) is 6.87.